The maximum atomic E-state index is 6.42. The van der Waals surface area contributed by atoms with Crippen molar-refractivity contribution in [2.45, 2.75) is 0 Å². The van der Waals surface area contributed by atoms with Gasteiger partial charge in [-0.25, -0.2) is 15.0 Å². The lowest BCUT2D eigenvalue weighted by atomic mass is 9.99. The normalized spacial score (nSPS) is 11.4. The van der Waals surface area contributed by atoms with Gasteiger partial charge >= 0.3 is 0 Å². The van der Waals surface area contributed by atoms with Gasteiger partial charge in [-0.1, -0.05) is 115 Å². The maximum absolute atomic E-state index is 6.42. The van der Waals surface area contributed by atoms with Crippen LogP contribution < -0.4 is 0 Å². The fraction of sp³-hybridized carbons (Fsp3) is 0. The molecule has 0 saturated heterocycles. The smallest absolute Gasteiger partial charge is 0.164 e. The Hall–Kier alpha value is -5.61. The van der Waals surface area contributed by atoms with Crippen LogP contribution in [0.2, 0.25) is 0 Å². The van der Waals surface area contributed by atoms with E-state index in [1.165, 1.54) is 10.8 Å². The Kier molecular flexibility index (Phi) is 5.42. The summed E-state index contributed by atoms with van der Waals surface area (Å²) < 4.78 is 6.42. The lowest BCUT2D eigenvalue weighted by molar-refractivity contribution is 0.669. The summed E-state index contributed by atoms with van der Waals surface area (Å²) in [6.07, 6.45) is 0. The molecule has 0 spiro atoms. The van der Waals surface area contributed by atoms with E-state index in [9.17, 15) is 0 Å². The first-order chi connectivity index (χ1) is 20.3. The van der Waals surface area contributed by atoms with Crippen molar-refractivity contribution in [1.82, 2.24) is 15.0 Å². The van der Waals surface area contributed by atoms with Crippen molar-refractivity contribution in [1.29, 1.82) is 0 Å². The second-order valence-corrected chi connectivity index (χ2v) is 10.1. The molecule has 8 aromatic rings. The van der Waals surface area contributed by atoms with Gasteiger partial charge in [0.05, 0.1) is 0 Å². The average molecular weight is 526 g/mol. The molecule has 0 unspecified atom stereocenters. The molecule has 192 valence electrons. The molecule has 0 radical (unpaired) electrons. The van der Waals surface area contributed by atoms with E-state index >= 15 is 0 Å². The molecule has 0 aliphatic rings. The van der Waals surface area contributed by atoms with Crippen LogP contribution in [0, 0.1) is 0 Å². The summed E-state index contributed by atoms with van der Waals surface area (Å²) in [5.41, 5.74) is 6.70. The van der Waals surface area contributed by atoms with Crippen molar-refractivity contribution < 1.29 is 4.42 Å². The minimum absolute atomic E-state index is 0.615. The number of furan rings is 1. The third-order valence-electron chi connectivity index (χ3n) is 7.52. The molecule has 4 nitrogen and oxygen atoms in total. The second kappa shape index (κ2) is 9.54. The largest absolute Gasteiger partial charge is 0.456 e. The molecule has 0 aliphatic heterocycles. The number of hydrogen-bond donors (Lipinski definition) is 0. The molecule has 0 fully saturated rings. The van der Waals surface area contributed by atoms with E-state index < -0.39 is 0 Å². The summed E-state index contributed by atoms with van der Waals surface area (Å²) in [7, 11) is 0. The Bertz CT molecular complexity index is 2140. The molecule has 2 aromatic heterocycles. The zero-order valence-corrected chi connectivity index (χ0v) is 22.0. The molecule has 0 saturated carbocycles. The summed E-state index contributed by atoms with van der Waals surface area (Å²) >= 11 is 0. The zero-order valence-electron chi connectivity index (χ0n) is 22.0. The van der Waals surface area contributed by atoms with Crippen molar-refractivity contribution in [3.63, 3.8) is 0 Å². The molecule has 2 heterocycles. The quantitative estimate of drug-likeness (QED) is 0.230. The SMILES string of the molecule is c1ccc(-c2nc(-c3ccccc3)nc(-c3cccc4oc5cc(-c6ccc7ccccc7c6)ccc5c34)n2)cc1. The molecule has 8 rings (SSSR count). The zero-order chi connectivity index (χ0) is 27.2. The number of nitrogens with zero attached hydrogens (tertiary/aromatic N) is 3. The van der Waals surface area contributed by atoms with E-state index in [1.807, 2.05) is 72.8 Å². The van der Waals surface area contributed by atoms with Gasteiger partial charge in [-0.05, 0) is 46.2 Å². The highest BCUT2D eigenvalue weighted by atomic mass is 16.3. The molecule has 6 aromatic carbocycles. The van der Waals surface area contributed by atoms with Crippen LogP contribution in [0.1, 0.15) is 0 Å². The van der Waals surface area contributed by atoms with Gasteiger partial charge in [0, 0.05) is 27.5 Å². The average Bonchev–Trinajstić information content (AvgIpc) is 3.43. The fourth-order valence-electron chi connectivity index (χ4n) is 5.49. The van der Waals surface area contributed by atoms with E-state index in [1.54, 1.807) is 0 Å². The van der Waals surface area contributed by atoms with Gasteiger partial charge in [0.1, 0.15) is 11.2 Å². The predicted molar refractivity (Wildman–Crippen MR) is 166 cm³/mol. The van der Waals surface area contributed by atoms with Gasteiger partial charge in [0.25, 0.3) is 0 Å². The number of hydrogen-bond acceptors (Lipinski definition) is 4. The third-order valence-corrected chi connectivity index (χ3v) is 7.52. The van der Waals surface area contributed by atoms with E-state index in [0.717, 1.165) is 49.8 Å². The monoisotopic (exact) mass is 525 g/mol. The topological polar surface area (TPSA) is 51.8 Å². The highest BCUT2D eigenvalue weighted by Crippen LogP contribution is 2.38. The Labute approximate surface area is 236 Å². The summed E-state index contributed by atoms with van der Waals surface area (Å²) in [4.78, 5) is 14.8. The maximum Gasteiger partial charge on any atom is 0.164 e. The minimum atomic E-state index is 0.615. The van der Waals surface area contributed by atoms with Gasteiger partial charge in [-0.3, -0.25) is 0 Å². The predicted octanol–water partition coefficient (Wildman–Crippen LogP) is 9.59. The van der Waals surface area contributed by atoms with E-state index in [4.69, 9.17) is 19.4 Å². The van der Waals surface area contributed by atoms with E-state index in [2.05, 4.69) is 66.7 Å². The summed E-state index contributed by atoms with van der Waals surface area (Å²) in [5.74, 6) is 1.89. The van der Waals surface area contributed by atoms with Gasteiger partial charge < -0.3 is 4.42 Å². The van der Waals surface area contributed by atoms with E-state index in [-0.39, 0.29) is 0 Å². The molecule has 41 heavy (non-hydrogen) atoms. The van der Waals surface area contributed by atoms with Crippen molar-refractivity contribution in [2.75, 3.05) is 0 Å². The first kappa shape index (κ1) is 23.3. The minimum Gasteiger partial charge on any atom is -0.456 e. The fourth-order valence-corrected chi connectivity index (χ4v) is 5.49. The molecule has 4 heteroatoms. The lowest BCUT2D eigenvalue weighted by Gasteiger charge is -2.09. The van der Waals surface area contributed by atoms with Gasteiger partial charge in [0.2, 0.25) is 0 Å². The summed E-state index contributed by atoms with van der Waals surface area (Å²) in [5, 5.41) is 4.47. The van der Waals surface area contributed by atoms with Crippen LogP contribution in [0.25, 0.3) is 78.0 Å². The first-order valence-electron chi connectivity index (χ1n) is 13.6. The van der Waals surface area contributed by atoms with Crippen LogP contribution in [-0.4, -0.2) is 15.0 Å². The van der Waals surface area contributed by atoms with Crippen molar-refractivity contribution >= 4 is 32.7 Å². The molecule has 0 aliphatic carbocycles. The van der Waals surface area contributed by atoms with Crippen molar-refractivity contribution in [3.05, 3.63) is 140 Å². The Morgan fingerprint density at radius 3 is 1.73 bits per heavy atom. The first-order valence-corrected chi connectivity index (χ1v) is 13.6. The molecular formula is C37H23N3O. The van der Waals surface area contributed by atoms with Crippen LogP contribution in [0.15, 0.2) is 144 Å². The summed E-state index contributed by atoms with van der Waals surface area (Å²) in [6.45, 7) is 0. The highest BCUT2D eigenvalue weighted by molar-refractivity contribution is 6.12. The Morgan fingerprint density at radius 1 is 0.390 bits per heavy atom. The van der Waals surface area contributed by atoms with Crippen molar-refractivity contribution in [3.8, 4) is 45.3 Å². The number of aromatic nitrogens is 3. The van der Waals surface area contributed by atoms with E-state index in [0.29, 0.717) is 17.5 Å². The highest BCUT2D eigenvalue weighted by Gasteiger charge is 2.18. The Balaban J connectivity index is 1.31. The van der Waals surface area contributed by atoms with Crippen LogP contribution in [-0.2, 0) is 0 Å². The standard InChI is InChI=1S/C37H23N3O/c1-3-11-25(12-4-1)35-38-36(26-13-5-2-6-14-26)40-37(39-35)31-16-9-17-32-34(31)30-21-20-29(23-33(30)41-32)28-19-18-24-10-7-8-15-27(24)22-28/h1-23H. The van der Waals surface area contributed by atoms with Crippen molar-refractivity contribution in [2.24, 2.45) is 0 Å². The lowest BCUT2D eigenvalue weighted by Crippen LogP contribution is -2.00. The number of benzene rings is 6. The summed E-state index contributed by atoms with van der Waals surface area (Å²) in [6, 6.07) is 47.6. The second-order valence-electron chi connectivity index (χ2n) is 10.1. The van der Waals surface area contributed by atoms with Gasteiger partial charge in [-0.15, -0.1) is 0 Å². The molecular weight excluding hydrogens is 502 g/mol. The van der Waals surface area contributed by atoms with Crippen LogP contribution in [0.3, 0.4) is 0 Å². The molecule has 0 amide bonds. The van der Waals surface area contributed by atoms with Crippen LogP contribution >= 0.6 is 0 Å². The van der Waals surface area contributed by atoms with Gasteiger partial charge in [0.15, 0.2) is 17.5 Å². The molecule has 0 bridgehead atoms. The van der Waals surface area contributed by atoms with Crippen LogP contribution in [0.5, 0.6) is 0 Å². The number of rotatable bonds is 4. The molecule has 0 atom stereocenters. The third kappa shape index (κ3) is 4.14. The number of fused-ring (bicyclic) bond motifs is 4. The molecule has 0 N–H and O–H groups in total. The van der Waals surface area contributed by atoms with Gasteiger partial charge in [-0.2, -0.15) is 0 Å². The Morgan fingerprint density at radius 2 is 1.00 bits per heavy atom. The van der Waals surface area contributed by atoms with Crippen LogP contribution in [0.4, 0.5) is 0 Å².